The zero-order valence-electron chi connectivity index (χ0n) is 10.9. The second-order valence-corrected chi connectivity index (χ2v) is 5.76. The number of hydrogen-bond acceptors (Lipinski definition) is 7. The van der Waals surface area contributed by atoms with E-state index in [0.717, 1.165) is 0 Å². The lowest BCUT2D eigenvalue weighted by molar-refractivity contribution is -0.143. The van der Waals surface area contributed by atoms with Crippen LogP contribution in [0.3, 0.4) is 0 Å². The van der Waals surface area contributed by atoms with Gasteiger partial charge >= 0.3 is 0 Å². The molecular formula is C11H17N3O4S. The van der Waals surface area contributed by atoms with Crippen molar-refractivity contribution >= 4 is 17.7 Å². The summed E-state index contributed by atoms with van der Waals surface area (Å²) >= 11 is 1.17. The molecular weight excluding hydrogens is 270 g/mol. The normalized spacial score (nSPS) is 27.6. The maximum Gasteiger partial charge on any atom is 0.277 e. The Labute approximate surface area is 115 Å². The molecule has 106 valence electrons. The number of aliphatic hydroxyl groups excluding tert-OH is 1. The molecule has 2 atom stereocenters. The molecule has 0 spiro atoms. The number of aryl methyl sites for hydroxylation is 1. The molecule has 7 nitrogen and oxygen atoms in total. The number of carbonyl (C=O) groups is 1. The molecule has 1 aliphatic rings. The summed E-state index contributed by atoms with van der Waals surface area (Å²) in [4.78, 5) is 13.5. The molecule has 8 heteroatoms. The highest BCUT2D eigenvalue weighted by Gasteiger charge is 2.37. The van der Waals surface area contributed by atoms with E-state index < -0.39 is 11.7 Å². The van der Waals surface area contributed by atoms with Gasteiger partial charge in [-0.05, 0) is 13.3 Å². The number of rotatable bonds is 3. The first-order valence-electron chi connectivity index (χ1n) is 5.99. The SMILES string of the molecule is Cc1nnc(SCC(=O)N2CC[C@@](C)(O)[C@@H](O)C2)o1. The van der Waals surface area contributed by atoms with Gasteiger partial charge in [0.15, 0.2) is 0 Å². The Balaban J connectivity index is 1.84. The second kappa shape index (κ2) is 5.48. The Hall–Kier alpha value is -1.12. The van der Waals surface area contributed by atoms with E-state index in [2.05, 4.69) is 10.2 Å². The van der Waals surface area contributed by atoms with Crippen LogP contribution in [0, 0.1) is 6.92 Å². The van der Waals surface area contributed by atoms with Gasteiger partial charge in [0.25, 0.3) is 5.22 Å². The summed E-state index contributed by atoms with van der Waals surface area (Å²) in [6.07, 6.45) is -0.551. The summed E-state index contributed by atoms with van der Waals surface area (Å²) < 4.78 is 5.16. The van der Waals surface area contributed by atoms with Gasteiger partial charge in [0, 0.05) is 20.0 Å². The maximum atomic E-state index is 12.0. The second-order valence-electron chi connectivity index (χ2n) is 4.84. The summed E-state index contributed by atoms with van der Waals surface area (Å²) in [5, 5.41) is 27.4. The fraction of sp³-hybridized carbons (Fsp3) is 0.727. The number of aliphatic hydroxyl groups is 2. The molecule has 1 amide bonds. The molecule has 1 aromatic heterocycles. The van der Waals surface area contributed by atoms with E-state index in [1.165, 1.54) is 11.8 Å². The van der Waals surface area contributed by atoms with Crippen LogP contribution < -0.4 is 0 Å². The highest BCUT2D eigenvalue weighted by Crippen LogP contribution is 2.23. The van der Waals surface area contributed by atoms with Crippen molar-refractivity contribution in [2.75, 3.05) is 18.8 Å². The van der Waals surface area contributed by atoms with Crippen LogP contribution in [0.2, 0.25) is 0 Å². The van der Waals surface area contributed by atoms with Gasteiger partial charge in [0.05, 0.1) is 17.5 Å². The molecule has 1 aromatic rings. The number of likely N-dealkylation sites (tertiary alicyclic amines) is 1. The van der Waals surface area contributed by atoms with Crippen molar-refractivity contribution in [2.45, 2.75) is 37.2 Å². The lowest BCUT2D eigenvalue weighted by atomic mass is 9.91. The Morgan fingerprint density at radius 1 is 1.63 bits per heavy atom. The van der Waals surface area contributed by atoms with Gasteiger partial charge in [-0.2, -0.15) is 0 Å². The molecule has 0 aromatic carbocycles. The van der Waals surface area contributed by atoms with Crippen molar-refractivity contribution in [1.82, 2.24) is 15.1 Å². The molecule has 1 fully saturated rings. The van der Waals surface area contributed by atoms with Gasteiger partial charge in [-0.25, -0.2) is 0 Å². The number of nitrogens with zero attached hydrogens (tertiary/aromatic N) is 3. The number of thioether (sulfide) groups is 1. The minimum absolute atomic E-state index is 0.115. The Bertz CT molecular complexity index is 463. The quantitative estimate of drug-likeness (QED) is 0.743. The van der Waals surface area contributed by atoms with Gasteiger partial charge in [-0.15, -0.1) is 10.2 Å². The van der Waals surface area contributed by atoms with Crippen LogP contribution in [-0.4, -0.2) is 61.8 Å². The number of hydrogen-bond donors (Lipinski definition) is 2. The predicted molar refractivity (Wildman–Crippen MR) is 67.6 cm³/mol. The fourth-order valence-electron chi connectivity index (χ4n) is 1.80. The van der Waals surface area contributed by atoms with Crippen LogP contribution in [-0.2, 0) is 4.79 Å². The molecule has 0 bridgehead atoms. The monoisotopic (exact) mass is 287 g/mol. The smallest absolute Gasteiger partial charge is 0.277 e. The van der Waals surface area contributed by atoms with Crippen molar-refractivity contribution in [2.24, 2.45) is 0 Å². The topological polar surface area (TPSA) is 99.7 Å². The van der Waals surface area contributed by atoms with Crippen molar-refractivity contribution in [1.29, 1.82) is 0 Å². The first-order chi connectivity index (χ1) is 8.88. The summed E-state index contributed by atoms with van der Waals surface area (Å²) in [5.41, 5.74) is -1.12. The van der Waals surface area contributed by atoms with Gasteiger partial charge < -0.3 is 19.5 Å². The number of β-amino-alcohol motifs (C(OH)–C–C–N with tert-alkyl or cyclic N) is 1. The van der Waals surface area contributed by atoms with Crippen LogP contribution in [0.5, 0.6) is 0 Å². The summed E-state index contributed by atoms with van der Waals surface area (Å²) in [5.74, 6) is 0.519. The van der Waals surface area contributed by atoms with Crippen LogP contribution >= 0.6 is 11.8 Å². The molecule has 19 heavy (non-hydrogen) atoms. The van der Waals surface area contributed by atoms with Crippen LogP contribution in [0.1, 0.15) is 19.2 Å². The van der Waals surface area contributed by atoms with Crippen molar-refractivity contribution in [3.8, 4) is 0 Å². The summed E-state index contributed by atoms with van der Waals surface area (Å²) in [7, 11) is 0. The Kier molecular flexibility index (Phi) is 4.12. The molecule has 0 radical (unpaired) electrons. The molecule has 0 saturated carbocycles. The van der Waals surface area contributed by atoms with Crippen LogP contribution in [0.25, 0.3) is 0 Å². The highest BCUT2D eigenvalue weighted by atomic mass is 32.2. The van der Waals surface area contributed by atoms with E-state index in [1.54, 1.807) is 18.7 Å². The average molecular weight is 287 g/mol. The molecule has 2 N–H and O–H groups in total. The fourth-order valence-corrected chi connectivity index (χ4v) is 2.51. The lowest BCUT2D eigenvalue weighted by Crippen LogP contribution is -2.55. The molecule has 2 rings (SSSR count). The third kappa shape index (κ3) is 3.46. The molecule has 2 heterocycles. The van der Waals surface area contributed by atoms with E-state index >= 15 is 0 Å². The van der Waals surface area contributed by atoms with Gasteiger partial charge in [-0.1, -0.05) is 11.8 Å². The van der Waals surface area contributed by atoms with Crippen molar-refractivity contribution in [3.05, 3.63) is 5.89 Å². The van der Waals surface area contributed by atoms with E-state index in [4.69, 9.17) is 4.42 Å². The number of aromatic nitrogens is 2. The zero-order chi connectivity index (χ0) is 14.0. The van der Waals surface area contributed by atoms with Crippen LogP contribution in [0.4, 0.5) is 0 Å². The standard InChI is InChI=1S/C11H17N3O4S/c1-7-12-13-10(18-7)19-6-9(16)14-4-3-11(2,17)8(15)5-14/h8,15,17H,3-6H2,1-2H3/t8-,11+/m0/s1. The van der Waals surface area contributed by atoms with Crippen molar-refractivity contribution < 1.29 is 19.4 Å². The first-order valence-corrected chi connectivity index (χ1v) is 6.98. The minimum Gasteiger partial charge on any atom is -0.416 e. The van der Waals surface area contributed by atoms with Gasteiger partial charge in [0.2, 0.25) is 11.8 Å². The minimum atomic E-state index is -1.12. The summed E-state index contributed by atoms with van der Waals surface area (Å²) in [6, 6.07) is 0. The lowest BCUT2D eigenvalue weighted by Gasteiger charge is -2.39. The van der Waals surface area contributed by atoms with Gasteiger partial charge in [0.1, 0.15) is 0 Å². The van der Waals surface area contributed by atoms with E-state index in [0.29, 0.717) is 24.1 Å². The zero-order valence-corrected chi connectivity index (χ0v) is 11.7. The third-order valence-corrected chi connectivity index (χ3v) is 3.98. The molecule has 1 saturated heterocycles. The van der Waals surface area contributed by atoms with E-state index in [9.17, 15) is 15.0 Å². The Morgan fingerprint density at radius 3 is 2.95 bits per heavy atom. The number of piperidine rings is 1. The number of amides is 1. The largest absolute Gasteiger partial charge is 0.416 e. The average Bonchev–Trinajstić information content (AvgIpc) is 2.76. The first kappa shape index (κ1) is 14.3. The molecule has 1 aliphatic heterocycles. The Morgan fingerprint density at radius 2 is 2.37 bits per heavy atom. The molecule has 0 unspecified atom stereocenters. The van der Waals surface area contributed by atoms with Crippen molar-refractivity contribution in [3.63, 3.8) is 0 Å². The van der Waals surface area contributed by atoms with Gasteiger partial charge in [-0.3, -0.25) is 4.79 Å². The number of carbonyl (C=O) groups excluding carboxylic acids is 1. The van der Waals surface area contributed by atoms with Crippen LogP contribution in [0.15, 0.2) is 9.64 Å². The van der Waals surface area contributed by atoms with E-state index in [1.807, 2.05) is 0 Å². The van der Waals surface area contributed by atoms with E-state index in [-0.39, 0.29) is 18.2 Å². The molecule has 0 aliphatic carbocycles. The highest BCUT2D eigenvalue weighted by molar-refractivity contribution is 7.99. The maximum absolute atomic E-state index is 12.0. The predicted octanol–water partition coefficient (Wildman–Crippen LogP) is -0.186. The third-order valence-electron chi connectivity index (χ3n) is 3.18. The summed E-state index contributed by atoms with van der Waals surface area (Å²) in [6.45, 7) is 3.85.